The number of hydrogen-bond donors (Lipinski definition) is 1. The van der Waals surface area contributed by atoms with Crippen LogP contribution in [0, 0.1) is 0 Å². The minimum absolute atomic E-state index is 0.0627. The van der Waals surface area contributed by atoms with Gasteiger partial charge in [-0.2, -0.15) is 0 Å². The highest BCUT2D eigenvalue weighted by Gasteiger charge is 2.20. The predicted octanol–water partition coefficient (Wildman–Crippen LogP) is 0.710. The fraction of sp³-hybridized carbons (Fsp3) is 0.462. The average Bonchev–Trinajstić information content (AvgIpc) is 2.91. The van der Waals surface area contributed by atoms with E-state index in [0.29, 0.717) is 6.54 Å². The molecule has 2 rings (SSSR count). The quantitative estimate of drug-likeness (QED) is 0.797. The average molecular weight is 247 g/mol. The summed E-state index contributed by atoms with van der Waals surface area (Å²) in [7, 11) is 0. The summed E-state index contributed by atoms with van der Waals surface area (Å²) in [5.41, 5.74) is 0.791. The normalized spacial score (nSPS) is 14.6. The van der Waals surface area contributed by atoms with E-state index in [1.165, 1.54) is 0 Å². The first-order chi connectivity index (χ1) is 8.75. The molecule has 1 aromatic rings. The molecule has 0 aromatic carbocycles. The fourth-order valence-electron chi connectivity index (χ4n) is 1.97. The van der Waals surface area contributed by atoms with Crippen LogP contribution in [0.2, 0.25) is 0 Å². The molecule has 2 heterocycles. The summed E-state index contributed by atoms with van der Waals surface area (Å²) in [6.45, 7) is 1.94. The van der Waals surface area contributed by atoms with Crippen LogP contribution in [0.1, 0.15) is 25.0 Å². The van der Waals surface area contributed by atoms with Gasteiger partial charge in [-0.3, -0.25) is 14.6 Å². The zero-order valence-corrected chi connectivity index (χ0v) is 10.3. The van der Waals surface area contributed by atoms with Gasteiger partial charge in [0.15, 0.2) is 0 Å². The Morgan fingerprint density at radius 3 is 2.72 bits per heavy atom. The molecule has 0 radical (unpaired) electrons. The molecule has 0 atom stereocenters. The highest BCUT2D eigenvalue weighted by atomic mass is 16.2. The molecule has 1 fully saturated rings. The van der Waals surface area contributed by atoms with Gasteiger partial charge in [0.2, 0.25) is 11.8 Å². The van der Waals surface area contributed by atoms with Gasteiger partial charge < -0.3 is 10.2 Å². The molecule has 0 unspecified atom stereocenters. The van der Waals surface area contributed by atoms with E-state index in [4.69, 9.17) is 0 Å². The van der Waals surface area contributed by atoms with Crippen molar-refractivity contribution >= 4 is 11.8 Å². The Morgan fingerprint density at radius 1 is 1.28 bits per heavy atom. The van der Waals surface area contributed by atoms with Gasteiger partial charge >= 0.3 is 0 Å². The van der Waals surface area contributed by atoms with Crippen LogP contribution in [0.5, 0.6) is 0 Å². The Balaban J connectivity index is 1.73. The Labute approximate surface area is 106 Å². The lowest BCUT2D eigenvalue weighted by Gasteiger charge is -2.14. The highest BCUT2D eigenvalue weighted by molar-refractivity contribution is 5.96. The molecule has 1 N–H and O–H groups in total. The van der Waals surface area contributed by atoms with E-state index in [9.17, 15) is 9.59 Å². The zero-order valence-electron chi connectivity index (χ0n) is 10.3. The van der Waals surface area contributed by atoms with Crippen LogP contribution in [0.4, 0.5) is 0 Å². The Kier molecular flexibility index (Phi) is 4.28. The lowest BCUT2D eigenvalue weighted by Crippen LogP contribution is -2.33. The van der Waals surface area contributed by atoms with Crippen molar-refractivity contribution in [2.45, 2.75) is 25.8 Å². The molecule has 0 spiro atoms. The first kappa shape index (κ1) is 12.5. The van der Waals surface area contributed by atoms with Crippen LogP contribution in [0.15, 0.2) is 24.4 Å². The summed E-state index contributed by atoms with van der Waals surface area (Å²) in [4.78, 5) is 29.2. The molecule has 18 heavy (non-hydrogen) atoms. The van der Waals surface area contributed by atoms with Crippen LogP contribution in [0.25, 0.3) is 0 Å². The molecule has 0 saturated carbocycles. The third-order valence-corrected chi connectivity index (χ3v) is 2.96. The summed E-state index contributed by atoms with van der Waals surface area (Å²) in [6.07, 6.45) is 3.70. The van der Waals surface area contributed by atoms with E-state index in [1.807, 2.05) is 18.2 Å². The summed E-state index contributed by atoms with van der Waals surface area (Å²) in [5, 5.41) is 2.70. The lowest BCUT2D eigenvalue weighted by molar-refractivity contribution is -0.135. The molecule has 5 nitrogen and oxygen atoms in total. The van der Waals surface area contributed by atoms with E-state index < -0.39 is 0 Å². The maximum atomic E-state index is 11.7. The Morgan fingerprint density at radius 2 is 2.06 bits per heavy atom. The van der Waals surface area contributed by atoms with Crippen LogP contribution in [0.3, 0.4) is 0 Å². The van der Waals surface area contributed by atoms with Gasteiger partial charge in [0.05, 0.1) is 12.2 Å². The fourth-order valence-corrected chi connectivity index (χ4v) is 1.97. The molecule has 1 aromatic heterocycles. The molecule has 1 saturated heterocycles. The van der Waals surface area contributed by atoms with E-state index >= 15 is 0 Å². The van der Waals surface area contributed by atoms with Crippen LogP contribution < -0.4 is 5.32 Å². The van der Waals surface area contributed by atoms with Gasteiger partial charge in [0.25, 0.3) is 0 Å². The van der Waals surface area contributed by atoms with E-state index in [2.05, 4.69) is 10.3 Å². The van der Waals surface area contributed by atoms with Gasteiger partial charge in [0, 0.05) is 19.3 Å². The van der Waals surface area contributed by atoms with Gasteiger partial charge in [-0.15, -0.1) is 0 Å². The van der Waals surface area contributed by atoms with Crippen molar-refractivity contribution in [3.63, 3.8) is 0 Å². The van der Waals surface area contributed by atoms with Gasteiger partial charge in [0.1, 0.15) is 6.42 Å². The molecule has 96 valence electrons. The van der Waals surface area contributed by atoms with Crippen LogP contribution in [-0.2, 0) is 16.1 Å². The summed E-state index contributed by atoms with van der Waals surface area (Å²) >= 11 is 0. The van der Waals surface area contributed by atoms with Crippen molar-refractivity contribution in [1.82, 2.24) is 15.2 Å². The monoisotopic (exact) mass is 247 g/mol. The van der Waals surface area contributed by atoms with Gasteiger partial charge in [-0.05, 0) is 25.0 Å². The van der Waals surface area contributed by atoms with Gasteiger partial charge in [-0.1, -0.05) is 6.07 Å². The first-order valence-electron chi connectivity index (χ1n) is 6.20. The predicted molar refractivity (Wildman–Crippen MR) is 66.5 cm³/mol. The smallest absolute Gasteiger partial charge is 0.232 e. The molecule has 5 heteroatoms. The Hall–Kier alpha value is -1.91. The number of rotatable bonds is 4. The number of nitrogens with one attached hydrogen (secondary N) is 1. The number of pyridine rings is 1. The number of aromatic nitrogens is 1. The molecular formula is C13H17N3O2. The van der Waals surface area contributed by atoms with Gasteiger partial charge in [-0.25, -0.2) is 0 Å². The minimum atomic E-state index is -0.238. The number of hydrogen-bond acceptors (Lipinski definition) is 3. The van der Waals surface area contributed by atoms with Crippen molar-refractivity contribution in [2.24, 2.45) is 0 Å². The standard InChI is InChI=1S/C13H17N3O2/c17-12(9-13(18)16-7-3-4-8-16)15-10-11-5-1-2-6-14-11/h1-2,5-6H,3-4,7-10H2,(H,15,17). The van der Waals surface area contributed by atoms with Crippen molar-refractivity contribution < 1.29 is 9.59 Å². The molecule has 1 aliphatic rings. The minimum Gasteiger partial charge on any atom is -0.350 e. The van der Waals surface area contributed by atoms with Crippen molar-refractivity contribution in [2.75, 3.05) is 13.1 Å². The largest absolute Gasteiger partial charge is 0.350 e. The molecule has 0 aliphatic carbocycles. The Bertz CT molecular complexity index is 414. The molecular weight excluding hydrogens is 230 g/mol. The second kappa shape index (κ2) is 6.14. The third kappa shape index (κ3) is 3.55. The number of likely N-dealkylation sites (tertiary alicyclic amines) is 1. The first-order valence-corrected chi connectivity index (χ1v) is 6.20. The van der Waals surface area contributed by atoms with E-state index in [-0.39, 0.29) is 18.2 Å². The SMILES string of the molecule is O=C(CC(=O)N1CCCC1)NCc1ccccn1. The molecule has 1 aliphatic heterocycles. The molecule has 2 amide bonds. The van der Waals surface area contributed by atoms with Crippen molar-refractivity contribution in [1.29, 1.82) is 0 Å². The second-order valence-corrected chi connectivity index (χ2v) is 4.36. The number of nitrogens with zero attached hydrogens (tertiary/aromatic N) is 2. The third-order valence-electron chi connectivity index (χ3n) is 2.96. The van der Waals surface area contributed by atoms with Crippen LogP contribution >= 0.6 is 0 Å². The number of amides is 2. The van der Waals surface area contributed by atoms with Crippen molar-refractivity contribution in [3.05, 3.63) is 30.1 Å². The second-order valence-electron chi connectivity index (χ2n) is 4.36. The summed E-state index contributed by atoms with van der Waals surface area (Å²) in [5.74, 6) is -0.316. The number of carbonyl (C=O) groups excluding carboxylic acids is 2. The van der Waals surface area contributed by atoms with E-state index in [1.54, 1.807) is 11.1 Å². The van der Waals surface area contributed by atoms with E-state index in [0.717, 1.165) is 31.6 Å². The maximum absolute atomic E-state index is 11.7. The lowest BCUT2D eigenvalue weighted by atomic mass is 10.3. The number of carbonyl (C=O) groups is 2. The zero-order chi connectivity index (χ0) is 12.8. The topological polar surface area (TPSA) is 62.3 Å². The van der Waals surface area contributed by atoms with Crippen molar-refractivity contribution in [3.8, 4) is 0 Å². The maximum Gasteiger partial charge on any atom is 0.232 e. The summed E-state index contributed by atoms with van der Waals surface area (Å²) in [6, 6.07) is 5.52. The van der Waals surface area contributed by atoms with Crippen LogP contribution in [-0.4, -0.2) is 34.8 Å². The molecule has 0 bridgehead atoms. The highest BCUT2D eigenvalue weighted by Crippen LogP contribution is 2.08. The summed E-state index contributed by atoms with van der Waals surface area (Å²) < 4.78 is 0.